The molecule has 1 aliphatic heterocycles. The van der Waals surface area contributed by atoms with Crippen LogP contribution in [0, 0.1) is 0 Å². The van der Waals surface area contributed by atoms with Gasteiger partial charge in [-0.2, -0.15) is 0 Å². The van der Waals surface area contributed by atoms with Crippen LogP contribution < -0.4 is 5.32 Å². The van der Waals surface area contributed by atoms with E-state index in [0.717, 1.165) is 24.0 Å². The average Bonchev–Trinajstić information content (AvgIpc) is 2.43. The van der Waals surface area contributed by atoms with Crippen LogP contribution in [-0.4, -0.2) is 26.2 Å². The third-order valence-electron chi connectivity index (χ3n) is 3.02. The van der Waals surface area contributed by atoms with Crippen LogP contribution in [0.15, 0.2) is 22.5 Å². The van der Waals surface area contributed by atoms with E-state index in [1.165, 1.54) is 14.2 Å². The maximum atomic E-state index is 11.7. The van der Waals surface area contributed by atoms with Gasteiger partial charge in [0.1, 0.15) is 11.4 Å². The SMILES string of the molecule is CCC1=C(C(=O)OC)NC(C(=O)OC)=C(CC)C1. The smallest absolute Gasteiger partial charge is 0.354 e. The van der Waals surface area contributed by atoms with Gasteiger partial charge in [-0.1, -0.05) is 13.8 Å². The second-order valence-electron chi connectivity index (χ2n) is 3.95. The molecule has 0 bridgehead atoms. The van der Waals surface area contributed by atoms with Crippen LogP contribution >= 0.6 is 0 Å². The van der Waals surface area contributed by atoms with Crippen LogP contribution in [-0.2, 0) is 19.1 Å². The number of rotatable bonds is 4. The summed E-state index contributed by atoms with van der Waals surface area (Å²) in [5, 5.41) is 2.87. The topological polar surface area (TPSA) is 64.6 Å². The number of esters is 2. The summed E-state index contributed by atoms with van der Waals surface area (Å²) < 4.78 is 9.44. The third kappa shape index (κ3) is 2.72. The number of dihydropyridines is 1. The molecule has 0 amide bonds. The Morgan fingerprint density at radius 1 is 1.00 bits per heavy atom. The Morgan fingerprint density at radius 3 is 1.67 bits per heavy atom. The molecule has 5 heteroatoms. The summed E-state index contributed by atoms with van der Waals surface area (Å²) in [7, 11) is 2.64. The molecule has 0 radical (unpaired) electrons. The lowest BCUT2D eigenvalue weighted by Crippen LogP contribution is -2.32. The number of nitrogens with one attached hydrogen (secondary N) is 1. The fourth-order valence-electron chi connectivity index (χ4n) is 1.93. The highest BCUT2D eigenvalue weighted by Crippen LogP contribution is 2.28. The lowest BCUT2D eigenvalue weighted by molar-refractivity contribution is -0.137. The Bertz CT molecular complexity index is 383. The largest absolute Gasteiger partial charge is 0.464 e. The van der Waals surface area contributed by atoms with Crippen LogP contribution in [0.25, 0.3) is 0 Å². The lowest BCUT2D eigenvalue weighted by atomic mass is 9.94. The van der Waals surface area contributed by atoms with E-state index in [-0.39, 0.29) is 0 Å². The maximum Gasteiger partial charge on any atom is 0.354 e. The van der Waals surface area contributed by atoms with Crippen molar-refractivity contribution >= 4 is 11.9 Å². The van der Waals surface area contributed by atoms with Gasteiger partial charge in [-0.3, -0.25) is 0 Å². The van der Waals surface area contributed by atoms with Gasteiger partial charge in [-0.05, 0) is 30.4 Å². The van der Waals surface area contributed by atoms with E-state index < -0.39 is 11.9 Å². The van der Waals surface area contributed by atoms with Crippen molar-refractivity contribution in [3.05, 3.63) is 22.5 Å². The zero-order valence-corrected chi connectivity index (χ0v) is 11.3. The van der Waals surface area contributed by atoms with Crippen LogP contribution in [0.5, 0.6) is 0 Å². The molecule has 0 aromatic rings. The first-order valence-electron chi connectivity index (χ1n) is 5.96. The summed E-state index contributed by atoms with van der Waals surface area (Å²) in [6, 6.07) is 0. The molecule has 0 aliphatic carbocycles. The van der Waals surface area contributed by atoms with E-state index in [1.807, 2.05) is 13.8 Å². The molecular formula is C13H19NO4. The van der Waals surface area contributed by atoms with Gasteiger partial charge in [0.15, 0.2) is 0 Å². The summed E-state index contributed by atoms with van der Waals surface area (Å²) in [6.45, 7) is 3.94. The summed E-state index contributed by atoms with van der Waals surface area (Å²) in [6.07, 6.45) is 2.07. The molecule has 0 aromatic carbocycles. The van der Waals surface area contributed by atoms with Gasteiger partial charge in [0.05, 0.1) is 14.2 Å². The Labute approximate surface area is 107 Å². The zero-order valence-electron chi connectivity index (χ0n) is 11.3. The Kier molecular flexibility index (Phi) is 4.95. The standard InChI is InChI=1S/C13H19NO4/c1-5-8-7-9(6-2)11(13(16)18-4)14-10(8)12(15)17-3/h14H,5-7H2,1-4H3. The number of methoxy groups -OCH3 is 2. The minimum absolute atomic E-state index is 0.359. The van der Waals surface area contributed by atoms with Gasteiger partial charge < -0.3 is 14.8 Å². The van der Waals surface area contributed by atoms with Crippen molar-refractivity contribution in [2.24, 2.45) is 0 Å². The summed E-state index contributed by atoms with van der Waals surface area (Å²) in [5.41, 5.74) is 2.62. The summed E-state index contributed by atoms with van der Waals surface area (Å²) >= 11 is 0. The van der Waals surface area contributed by atoms with Crippen molar-refractivity contribution in [2.75, 3.05) is 14.2 Å². The molecule has 18 heavy (non-hydrogen) atoms. The van der Waals surface area contributed by atoms with E-state index in [1.54, 1.807) is 0 Å². The quantitative estimate of drug-likeness (QED) is 0.772. The first-order chi connectivity index (χ1) is 8.58. The van der Waals surface area contributed by atoms with E-state index in [9.17, 15) is 9.59 Å². The Balaban J connectivity index is 3.12. The first-order valence-corrected chi connectivity index (χ1v) is 5.96. The monoisotopic (exact) mass is 253 g/mol. The van der Waals surface area contributed by atoms with Crippen LogP contribution in [0.4, 0.5) is 0 Å². The molecule has 1 N–H and O–H groups in total. The molecule has 0 aromatic heterocycles. The first kappa shape index (κ1) is 14.3. The van der Waals surface area contributed by atoms with E-state index in [2.05, 4.69) is 5.32 Å². The third-order valence-corrected chi connectivity index (χ3v) is 3.02. The maximum absolute atomic E-state index is 11.7. The molecule has 1 aliphatic rings. The summed E-state index contributed by atoms with van der Waals surface area (Å²) in [4.78, 5) is 23.3. The molecule has 5 nitrogen and oxygen atoms in total. The van der Waals surface area contributed by atoms with Gasteiger partial charge in [0, 0.05) is 0 Å². The predicted octanol–water partition coefficient (Wildman–Crippen LogP) is 1.65. The van der Waals surface area contributed by atoms with Gasteiger partial charge >= 0.3 is 11.9 Å². The van der Waals surface area contributed by atoms with Crippen LogP contribution in [0.2, 0.25) is 0 Å². The summed E-state index contributed by atoms with van der Waals surface area (Å²) in [5.74, 6) is -0.910. The second-order valence-corrected chi connectivity index (χ2v) is 3.95. The predicted molar refractivity (Wildman–Crippen MR) is 66.4 cm³/mol. The Hall–Kier alpha value is -1.78. The van der Waals surface area contributed by atoms with E-state index in [0.29, 0.717) is 17.8 Å². The van der Waals surface area contributed by atoms with Crippen molar-refractivity contribution in [1.82, 2.24) is 5.32 Å². The number of hydrogen-bond acceptors (Lipinski definition) is 5. The highest BCUT2D eigenvalue weighted by molar-refractivity contribution is 5.95. The minimum Gasteiger partial charge on any atom is -0.464 e. The van der Waals surface area contributed by atoms with Crippen molar-refractivity contribution in [2.45, 2.75) is 33.1 Å². The molecule has 100 valence electrons. The van der Waals surface area contributed by atoms with Crippen molar-refractivity contribution < 1.29 is 19.1 Å². The van der Waals surface area contributed by atoms with Gasteiger partial charge in [0.2, 0.25) is 0 Å². The molecule has 0 fully saturated rings. The number of carbonyl (C=O) groups is 2. The Morgan fingerprint density at radius 2 is 1.39 bits per heavy atom. The number of allylic oxidation sites excluding steroid dienone is 2. The van der Waals surface area contributed by atoms with Crippen molar-refractivity contribution in [3.8, 4) is 0 Å². The highest BCUT2D eigenvalue weighted by atomic mass is 16.5. The number of ether oxygens (including phenoxy) is 2. The van der Waals surface area contributed by atoms with Crippen molar-refractivity contribution in [3.63, 3.8) is 0 Å². The van der Waals surface area contributed by atoms with Crippen LogP contribution in [0.1, 0.15) is 33.1 Å². The second kappa shape index (κ2) is 6.23. The van der Waals surface area contributed by atoms with Gasteiger partial charge in [0.25, 0.3) is 0 Å². The van der Waals surface area contributed by atoms with Gasteiger partial charge in [-0.25, -0.2) is 9.59 Å². The zero-order chi connectivity index (χ0) is 13.7. The fourth-order valence-corrected chi connectivity index (χ4v) is 1.93. The van der Waals surface area contributed by atoms with E-state index >= 15 is 0 Å². The number of hydrogen-bond donors (Lipinski definition) is 1. The molecule has 1 heterocycles. The minimum atomic E-state index is -0.455. The molecule has 0 atom stereocenters. The molecule has 1 rings (SSSR count). The van der Waals surface area contributed by atoms with Crippen molar-refractivity contribution in [1.29, 1.82) is 0 Å². The molecule has 0 saturated heterocycles. The highest BCUT2D eigenvalue weighted by Gasteiger charge is 2.27. The van der Waals surface area contributed by atoms with E-state index in [4.69, 9.17) is 9.47 Å². The van der Waals surface area contributed by atoms with Gasteiger partial charge in [-0.15, -0.1) is 0 Å². The molecule has 0 saturated carbocycles. The lowest BCUT2D eigenvalue weighted by Gasteiger charge is -2.24. The normalized spacial score (nSPS) is 15.3. The molecule has 0 spiro atoms. The molecule has 0 unspecified atom stereocenters. The fraction of sp³-hybridized carbons (Fsp3) is 0.538. The molecular weight excluding hydrogens is 234 g/mol. The number of carbonyl (C=O) groups excluding carboxylic acids is 2. The average molecular weight is 253 g/mol. The van der Waals surface area contributed by atoms with Crippen LogP contribution in [0.3, 0.4) is 0 Å².